The van der Waals surface area contributed by atoms with E-state index in [0.29, 0.717) is 5.69 Å². The number of carbonyl (C=O) groups excluding carboxylic acids is 1. The molecule has 1 amide bonds. The topological polar surface area (TPSA) is 79.3 Å². The van der Waals surface area contributed by atoms with Gasteiger partial charge >= 0.3 is 5.97 Å². The van der Waals surface area contributed by atoms with Crippen LogP contribution in [0.4, 0.5) is 5.69 Å². The molecule has 1 aromatic carbocycles. The molecule has 0 spiro atoms. The van der Waals surface area contributed by atoms with Crippen molar-refractivity contribution < 1.29 is 14.7 Å². The summed E-state index contributed by atoms with van der Waals surface area (Å²) in [5.74, 6) is -1.42. The number of aromatic carboxylic acids is 1. The van der Waals surface area contributed by atoms with E-state index in [-0.39, 0.29) is 16.5 Å². The molecule has 1 heterocycles. The van der Waals surface area contributed by atoms with E-state index in [1.54, 1.807) is 0 Å². The zero-order chi connectivity index (χ0) is 14.0. The van der Waals surface area contributed by atoms with Crippen molar-refractivity contribution in [1.82, 2.24) is 4.37 Å². The van der Waals surface area contributed by atoms with E-state index in [1.165, 1.54) is 6.92 Å². The maximum absolute atomic E-state index is 11.2. The van der Waals surface area contributed by atoms with E-state index >= 15 is 0 Å². The van der Waals surface area contributed by atoms with E-state index in [4.69, 9.17) is 5.11 Å². The van der Waals surface area contributed by atoms with Gasteiger partial charge in [0, 0.05) is 12.5 Å². The highest BCUT2D eigenvalue weighted by Crippen LogP contribution is 2.34. The molecule has 0 unspecified atom stereocenters. The molecule has 19 heavy (non-hydrogen) atoms. The fraction of sp³-hybridized carbons (Fsp3) is 0.154. The summed E-state index contributed by atoms with van der Waals surface area (Å²) in [7, 11) is 0. The molecule has 0 aliphatic rings. The molecule has 2 rings (SSSR count). The number of amides is 1. The second kappa shape index (κ2) is 5.19. The van der Waals surface area contributed by atoms with Crippen molar-refractivity contribution in [1.29, 1.82) is 0 Å². The highest BCUT2D eigenvalue weighted by molar-refractivity contribution is 7.09. The lowest BCUT2D eigenvalue weighted by molar-refractivity contribution is -0.114. The van der Waals surface area contributed by atoms with Crippen molar-refractivity contribution in [2.45, 2.75) is 13.8 Å². The fourth-order valence-electron chi connectivity index (χ4n) is 1.75. The van der Waals surface area contributed by atoms with Gasteiger partial charge in [-0.25, -0.2) is 4.79 Å². The smallest absolute Gasteiger partial charge is 0.349 e. The first-order valence-corrected chi connectivity index (χ1v) is 6.34. The molecule has 5 nitrogen and oxygen atoms in total. The number of hydrogen-bond donors (Lipinski definition) is 2. The highest BCUT2D eigenvalue weighted by Gasteiger charge is 2.21. The SMILES string of the molecule is CC(=O)Nc1c(-c2ccccc2C)nsc1C(=O)O. The van der Waals surface area contributed by atoms with E-state index in [1.807, 2.05) is 31.2 Å². The van der Waals surface area contributed by atoms with Gasteiger partial charge in [0.15, 0.2) is 4.88 Å². The second-order valence-corrected chi connectivity index (χ2v) is 4.81. The summed E-state index contributed by atoms with van der Waals surface area (Å²) in [5.41, 5.74) is 2.54. The van der Waals surface area contributed by atoms with Crippen LogP contribution in [-0.4, -0.2) is 21.4 Å². The lowest BCUT2D eigenvalue weighted by Gasteiger charge is -2.07. The Labute approximate surface area is 114 Å². The molecule has 1 aromatic heterocycles. The largest absolute Gasteiger partial charge is 0.477 e. The number of carboxylic acid groups (broad SMARTS) is 1. The molecule has 0 radical (unpaired) electrons. The quantitative estimate of drug-likeness (QED) is 0.903. The van der Waals surface area contributed by atoms with Crippen LogP contribution in [0.15, 0.2) is 24.3 Å². The lowest BCUT2D eigenvalue weighted by Crippen LogP contribution is -2.09. The molecule has 2 aromatic rings. The Kier molecular flexibility index (Phi) is 3.62. The molecule has 6 heteroatoms. The molecular formula is C13H12N2O3S. The van der Waals surface area contributed by atoms with Crippen molar-refractivity contribution in [2.75, 3.05) is 5.32 Å². The molecular weight excluding hydrogens is 264 g/mol. The van der Waals surface area contributed by atoms with E-state index in [9.17, 15) is 9.59 Å². The Morgan fingerprint density at radius 3 is 2.58 bits per heavy atom. The van der Waals surface area contributed by atoms with Crippen molar-refractivity contribution in [3.05, 3.63) is 34.7 Å². The number of hydrogen-bond acceptors (Lipinski definition) is 4. The summed E-state index contributed by atoms with van der Waals surface area (Å²) in [6.07, 6.45) is 0. The summed E-state index contributed by atoms with van der Waals surface area (Å²) in [4.78, 5) is 22.4. The highest BCUT2D eigenvalue weighted by atomic mass is 32.1. The Hall–Kier alpha value is -2.21. The Morgan fingerprint density at radius 2 is 2.00 bits per heavy atom. The number of anilines is 1. The third kappa shape index (κ3) is 2.63. The first-order chi connectivity index (χ1) is 9.00. The Bertz CT molecular complexity index is 649. The minimum atomic E-state index is -1.10. The van der Waals surface area contributed by atoms with Crippen LogP contribution in [0.3, 0.4) is 0 Å². The third-order valence-corrected chi connectivity index (χ3v) is 3.42. The first kappa shape index (κ1) is 13.2. The van der Waals surface area contributed by atoms with Gasteiger partial charge in [0.25, 0.3) is 0 Å². The van der Waals surface area contributed by atoms with Crippen LogP contribution in [-0.2, 0) is 4.79 Å². The van der Waals surface area contributed by atoms with Crippen molar-refractivity contribution in [3.8, 4) is 11.3 Å². The molecule has 2 N–H and O–H groups in total. The number of carboxylic acids is 1. The first-order valence-electron chi connectivity index (χ1n) is 5.57. The Balaban J connectivity index is 2.61. The van der Waals surface area contributed by atoms with Crippen LogP contribution in [0.5, 0.6) is 0 Å². The number of nitrogens with one attached hydrogen (secondary N) is 1. The summed E-state index contributed by atoms with van der Waals surface area (Å²) >= 11 is 0.866. The van der Waals surface area contributed by atoms with E-state index in [0.717, 1.165) is 22.7 Å². The normalized spacial score (nSPS) is 10.2. The molecule has 0 aliphatic heterocycles. The van der Waals surface area contributed by atoms with Gasteiger partial charge in [-0.1, -0.05) is 24.3 Å². The summed E-state index contributed by atoms with van der Waals surface area (Å²) in [6, 6.07) is 7.50. The number of nitrogens with zero attached hydrogens (tertiary/aromatic N) is 1. The average Bonchev–Trinajstić information content (AvgIpc) is 2.72. The monoisotopic (exact) mass is 276 g/mol. The third-order valence-electron chi connectivity index (χ3n) is 2.59. The summed E-state index contributed by atoms with van der Waals surface area (Å²) in [5, 5.41) is 11.7. The maximum Gasteiger partial charge on any atom is 0.349 e. The van der Waals surface area contributed by atoms with Crippen molar-refractivity contribution in [3.63, 3.8) is 0 Å². The van der Waals surface area contributed by atoms with Gasteiger partial charge in [-0.15, -0.1) is 0 Å². The van der Waals surface area contributed by atoms with Crippen LogP contribution in [0.25, 0.3) is 11.3 Å². The van der Waals surface area contributed by atoms with Crippen molar-refractivity contribution >= 4 is 29.1 Å². The number of carbonyl (C=O) groups is 2. The molecule has 0 aliphatic carbocycles. The number of aryl methyl sites for hydroxylation is 1. The zero-order valence-corrected chi connectivity index (χ0v) is 11.2. The van der Waals surface area contributed by atoms with Gasteiger partial charge < -0.3 is 10.4 Å². The molecule has 98 valence electrons. The van der Waals surface area contributed by atoms with Crippen LogP contribution in [0, 0.1) is 6.92 Å². The second-order valence-electron chi connectivity index (χ2n) is 4.04. The molecule has 0 bridgehead atoms. The number of rotatable bonds is 3. The molecule has 0 saturated heterocycles. The molecule has 0 fully saturated rings. The fourth-order valence-corrected chi connectivity index (χ4v) is 2.44. The average molecular weight is 276 g/mol. The predicted octanol–water partition coefficient (Wildman–Crippen LogP) is 2.78. The Morgan fingerprint density at radius 1 is 1.32 bits per heavy atom. The minimum absolute atomic E-state index is 0.0356. The van der Waals surface area contributed by atoms with Gasteiger partial charge in [0.1, 0.15) is 5.69 Å². The molecule has 0 saturated carbocycles. The van der Waals surface area contributed by atoms with Crippen molar-refractivity contribution in [2.24, 2.45) is 0 Å². The van der Waals surface area contributed by atoms with Gasteiger partial charge in [-0.3, -0.25) is 4.79 Å². The minimum Gasteiger partial charge on any atom is -0.477 e. The number of benzene rings is 1. The van der Waals surface area contributed by atoms with Gasteiger partial charge in [-0.2, -0.15) is 4.37 Å². The van der Waals surface area contributed by atoms with Crippen LogP contribution in [0.1, 0.15) is 22.2 Å². The lowest BCUT2D eigenvalue weighted by atomic mass is 10.0. The van der Waals surface area contributed by atoms with Crippen LogP contribution in [0.2, 0.25) is 0 Å². The van der Waals surface area contributed by atoms with Gasteiger partial charge in [-0.05, 0) is 24.0 Å². The van der Waals surface area contributed by atoms with E-state index < -0.39 is 5.97 Å². The summed E-state index contributed by atoms with van der Waals surface area (Å²) in [6.45, 7) is 3.25. The maximum atomic E-state index is 11.2. The van der Waals surface area contributed by atoms with Gasteiger partial charge in [0.2, 0.25) is 5.91 Å². The zero-order valence-electron chi connectivity index (χ0n) is 10.4. The summed E-state index contributed by atoms with van der Waals surface area (Å²) < 4.78 is 4.17. The van der Waals surface area contributed by atoms with Gasteiger partial charge in [0.05, 0.1) is 5.69 Å². The van der Waals surface area contributed by atoms with Crippen LogP contribution >= 0.6 is 11.5 Å². The number of aromatic nitrogens is 1. The standard InChI is InChI=1S/C13H12N2O3S/c1-7-5-3-4-6-9(7)10-11(14-8(2)16)12(13(17)18)19-15-10/h3-6H,1-2H3,(H,14,16)(H,17,18). The predicted molar refractivity (Wildman–Crippen MR) is 73.6 cm³/mol. The van der Waals surface area contributed by atoms with E-state index in [2.05, 4.69) is 9.69 Å². The van der Waals surface area contributed by atoms with Crippen LogP contribution < -0.4 is 5.32 Å². The molecule has 0 atom stereocenters.